The molecule has 3 fully saturated rings. The number of benzene rings is 3. The van der Waals surface area contributed by atoms with Crippen LogP contribution < -0.4 is 69.4 Å². The Hall–Kier alpha value is -14.1. The van der Waals surface area contributed by atoms with E-state index in [1.807, 2.05) is 13.8 Å². The number of aromatic amines is 3. The summed E-state index contributed by atoms with van der Waals surface area (Å²) < 4.78 is 5.33. The van der Waals surface area contributed by atoms with Crippen LogP contribution in [0.2, 0.25) is 0 Å². The highest BCUT2D eigenvalue weighted by atomic mass is 32.2. The molecule has 0 spiro atoms. The number of unbranched alkanes of at least 4 members (excludes halogenated alkanes) is 2. The zero-order valence-electron chi connectivity index (χ0n) is 77.3. The summed E-state index contributed by atoms with van der Waals surface area (Å²) in [4.78, 5) is 294. The number of rotatable bonds is 28. The monoisotopic (exact) mass is 1930 g/mol. The number of aliphatic hydroxyl groups excluding tert-OH is 1. The number of nitrogens with one attached hydrogen (secondary N) is 13. The van der Waals surface area contributed by atoms with Crippen LogP contribution in [0.1, 0.15) is 139 Å². The summed E-state index contributed by atoms with van der Waals surface area (Å²) in [6.45, 7) is 3.27. The molecule has 137 heavy (non-hydrogen) atoms. The van der Waals surface area contributed by atoms with Gasteiger partial charge in [-0.05, 0) is 99.4 Å². The summed E-state index contributed by atoms with van der Waals surface area (Å²) in [5.74, 6) is -21.7. The maximum absolute atomic E-state index is 15.8. The van der Waals surface area contributed by atoms with E-state index in [0.717, 1.165) is 36.3 Å². The predicted molar refractivity (Wildman–Crippen MR) is 495 cm³/mol. The lowest BCUT2D eigenvalue weighted by atomic mass is 9.99. The Labute approximate surface area is 792 Å². The number of aliphatic hydroxyl groups is 1. The molecule has 3 aliphatic heterocycles. The Balaban J connectivity index is 1.11. The van der Waals surface area contributed by atoms with Gasteiger partial charge in [-0.2, -0.15) is 0 Å². The SMILES string of the molecule is CCCC[C@H]1C(=O)N(C)[C@@H](CCCC)C(=O)N[C@@H](CCCN)C(=O)N[C@H](C(=O)NCC(N)=O)CSCC(=O)N[C@@H](Cc2ccc(OC)cc2)C(=O)N(C)[C@@H](C)C(=O)N[C@@H](CC(=O)O)C(=O)N2CCC[C@H]2C(=O)NC(Cc2cnc[nH]2)C(=O)N[C@@H](CCC(=O)O)C(=O)N2C[C@H](O)C[C@H]2C(=O)N[C@@H](Cc2c[nH]c3ccccc23)C(=O)N[C@@H](CC(=O)O)C(=O)N[C@@H](Cc2c[nH]c3ccccc23)C(=O)N1C. The number of methoxy groups -OCH3 is 1. The molecule has 45 nitrogen and oxygen atoms in total. The first-order valence-corrected chi connectivity index (χ1v) is 46.5. The van der Waals surface area contributed by atoms with Crippen LogP contribution in [0.5, 0.6) is 5.75 Å². The van der Waals surface area contributed by atoms with Crippen molar-refractivity contribution in [3.05, 3.63) is 120 Å². The van der Waals surface area contributed by atoms with Gasteiger partial charge in [0.1, 0.15) is 90.3 Å². The number of nitrogens with two attached hydrogens (primary N) is 2. The number of thioether (sulfide) groups is 1. The fourth-order valence-corrected chi connectivity index (χ4v) is 17.6. The number of H-pyrrole nitrogens is 3. The van der Waals surface area contributed by atoms with Crippen LogP contribution in [0.4, 0.5) is 0 Å². The minimum Gasteiger partial charge on any atom is -0.497 e. The molecule has 9 rings (SSSR count). The van der Waals surface area contributed by atoms with E-state index in [1.165, 1.54) is 53.9 Å². The van der Waals surface area contributed by atoms with Crippen LogP contribution >= 0.6 is 11.8 Å². The Kier molecular flexibility index (Phi) is 39.7. The second kappa shape index (κ2) is 51.0. The highest BCUT2D eigenvalue weighted by Gasteiger charge is 2.47. The number of likely N-dealkylation sites (N-methyl/N-ethyl adjacent to an activating group) is 3. The molecule has 16 amide bonds. The third-order valence-corrected chi connectivity index (χ3v) is 25.4. The number of aliphatic carboxylic acids is 3. The van der Waals surface area contributed by atoms with Gasteiger partial charge in [0.25, 0.3) is 0 Å². The van der Waals surface area contributed by atoms with Crippen molar-refractivity contribution in [1.29, 1.82) is 0 Å². The van der Waals surface area contributed by atoms with Crippen molar-refractivity contribution in [2.75, 3.05) is 65.9 Å². The minimum absolute atomic E-state index is 0.0210. The van der Waals surface area contributed by atoms with Crippen molar-refractivity contribution < 1.29 is 116 Å². The molecule has 15 atom stereocenters. The van der Waals surface area contributed by atoms with Gasteiger partial charge >= 0.3 is 17.9 Å². The number of carbonyl (C=O) groups is 19. The molecule has 1 unspecified atom stereocenters. The summed E-state index contributed by atoms with van der Waals surface area (Å²) in [6.07, 6.45) is -0.312. The number of amides is 16. The van der Waals surface area contributed by atoms with Crippen molar-refractivity contribution in [1.82, 2.24) is 97.6 Å². The Bertz CT molecular complexity index is 5320. The Morgan fingerprint density at radius 3 is 1.64 bits per heavy atom. The van der Waals surface area contributed by atoms with Gasteiger partial charge in [0.15, 0.2) is 0 Å². The zero-order valence-corrected chi connectivity index (χ0v) is 78.1. The molecular weight excluding hydrogens is 1800 g/mol. The van der Waals surface area contributed by atoms with Crippen molar-refractivity contribution in [2.24, 2.45) is 11.5 Å². The molecule has 46 heteroatoms. The lowest BCUT2D eigenvalue weighted by molar-refractivity contribution is -0.149. The topological polar surface area (TPSA) is 663 Å². The zero-order chi connectivity index (χ0) is 100. The highest BCUT2D eigenvalue weighted by Crippen LogP contribution is 2.28. The molecular formula is C91H123N21O24S. The average Bonchev–Trinajstić information content (AvgIpc) is 1.77. The van der Waals surface area contributed by atoms with Gasteiger partial charge in [-0.15, -0.1) is 11.8 Å². The Morgan fingerprint density at radius 2 is 1.05 bits per heavy atom. The molecule has 6 heterocycles. The number of aromatic nitrogens is 4. The summed E-state index contributed by atoms with van der Waals surface area (Å²) >= 11 is 0.764. The van der Waals surface area contributed by atoms with E-state index in [9.17, 15) is 73.2 Å². The van der Waals surface area contributed by atoms with Gasteiger partial charge in [-0.25, -0.2) is 4.98 Å². The normalized spacial score (nSPS) is 24.5. The predicted octanol–water partition coefficient (Wildman–Crippen LogP) is -2.25. The van der Waals surface area contributed by atoms with E-state index in [4.69, 9.17) is 16.2 Å². The van der Waals surface area contributed by atoms with Crippen molar-refractivity contribution in [3.8, 4) is 5.75 Å². The summed E-state index contributed by atoms with van der Waals surface area (Å²) in [7, 11) is 5.23. The number of ether oxygens (including phenoxy) is 1. The first-order valence-electron chi connectivity index (χ1n) is 45.3. The first-order chi connectivity index (χ1) is 65.3. The third kappa shape index (κ3) is 29.7. The standard InChI is InChI=1S/C91H123N21O24S/c1-8-10-23-69-84(128)100-60(22-16-32-92)80(124)107-68(79(123)97-44-73(93)114)46-137-47-74(115)99-65(34-50-26-28-55(136-7)29-27-50)87(131)108(4)49(3)78(122)105-67(40-77(120)121)90(134)111-33-17-25-70(111)85(129)104-63(37-53-43-94-48-98-53)82(126)101-61(30-31-75(116)117)89(133)112-45-54(113)38-72(112)86(130)103-62(35-51-41-95-58-20-14-12-18-56(51)58)81(125)102-64(39-76(118)119)83(127)106-66(36-52-42-96-59-21-15-13-19-57(52)59)88(132)110(6)71(24-11-9-2)91(135)109(69)5/h12-15,18-21,26-29,41-43,48-49,54,60-72,95-96,113H,8-11,16-17,22-25,30-40,44-47,92H2,1-7H3,(H2,93,114)(H,94,98)(H,97,123)(H,99,115)(H,100,128)(H,101,126)(H,102,125)(H,103,130)(H,104,129)(H,105,122)(H,106,127)(H,107,124)(H,116,117)(H,118,119)(H,120,121)/t49-,54+,60-,61-,62-,63?,64-,65-,66-,67-,68-,69-,70-,71-,72-/m0/s1. The molecule has 6 aromatic rings. The molecule has 0 radical (unpaired) electrons. The van der Waals surface area contributed by atoms with E-state index in [0.29, 0.717) is 69.9 Å². The highest BCUT2D eigenvalue weighted by molar-refractivity contribution is 8.00. The van der Waals surface area contributed by atoms with Crippen LogP contribution in [0, 0.1) is 0 Å². The summed E-state index contributed by atoms with van der Waals surface area (Å²) in [6, 6.07) is -3.45. The Morgan fingerprint density at radius 1 is 0.526 bits per heavy atom. The largest absolute Gasteiger partial charge is 0.497 e. The average molecular weight is 1930 g/mol. The van der Waals surface area contributed by atoms with Gasteiger partial charge in [-0.3, -0.25) is 91.1 Å². The number of primary amides is 1. The quantitative estimate of drug-likeness (QED) is 0.0247. The fourth-order valence-electron chi connectivity index (χ4n) is 16.7. The van der Waals surface area contributed by atoms with Gasteiger partial charge in [-0.1, -0.05) is 88.1 Å². The molecule has 0 aliphatic carbocycles. The first kappa shape index (κ1) is 107. The molecule has 3 aromatic heterocycles. The van der Waals surface area contributed by atoms with E-state index in [-0.39, 0.29) is 70.2 Å². The number of carboxylic acid groups (broad SMARTS) is 3. The third-order valence-electron chi connectivity index (χ3n) is 24.4. The molecule has 0 bridgehead atoms. The van der Waals surface area contributed by atoms with Crippen LogP contribution in [0.25, 0.3) is 21.8 Å². The molecule has 742 valence electrons. The van der Waals surface area contributed by atoms with E-state index in [1.54, 1.807) is 79.0 Å². The number of hydrogen-bond donors (Lipinski definition) is 19. The van der Waals surface area contributed by atoms with Crippen LogP contribution in [0.3, 0.4) is 0 Å². The summed E-state index contributed by atoms with van der Waals surface area (Å²) in [5, 5.41) is 69.2. The number of para-hydroxylation sites is 2. The number of fused-ring (bicyclic) bond motifs is 4. The molecule has 0 saturated carbocycles. The van der Waals surface area contributed by atoms with Gasteiger partial charge < -0.3 is 129 Å². The smallest absolute Gasteiger partial charge is 0.305 e. The minimum atomic E-state index is -2.10. The van der Waals surface area contributed by atoms with Gasteiger partial charge in [0.2, 0.25) is 94.5 Å². The second-order valence-corrected chi connectivity index (χ2v) is 35.3. The number of nitrogens with zero attached hydrogens (tertiary/aromatic N) is 6. The van der Waals surface area contributed by atoms with Crippen LogP contribution in [0.15, 0.2) is 97.7 Å². The lowest BCUT2D eigenvalue weighted by Crippen LogP contribution is -2.61. The van der Waals surface area contributed by atoms with Crippen molar-refractivity contribution in [3.63, 3.8) is 0 Å². The second-order valence-electron chi connectivity index (χ2n) is 34.3. The molecule has 3 aromatic carbocycles. The maximum atomic E-state index is 15.8. The molecule has 3 aliphatic rings. The van der Waals surface area contributed by atoms with Gasteiger partial charge in [0.05, 0.1) is 44.7 Å². The van der Waals surface area contributed by atoms with E-state index in [2.05, 4.69) is 73.1 Å². The molecule has 3 saturated heterocycles. The summed E-state index contributed by atoms with van der Waals surface area (Å²) in [5.41, 5.74) is 14.1. The van der Waals surface area contributed by atoms with Crippen molar-refractivity contribution in [2.45, 2.75) is 233 Å². The van der Waals surface area contributed by atoms with E-state index >= 15 is 38.4 Å². The fraction of sp³-hybridized carbons (Fsp3) is 0.516. The number of carboxylic acids is 3. The van der Waals surface area contributed by atoms with E-state index < -0.39 is 273 Å². The van der Waals surface area contributed by atoms with Gasteiger partial charge in [0, 0.05) is 125 Å². The van der Waals surface area contributed by atoms with Crippen LogP contribution in [-0.2, 0) is 117 Å². The van der Waals surface area contributed by atoms with Crippen molar-refractivity contribution >= 4 is 146 Å². The maximum Gasteiger partial charge on any atom is 0.305 e. The number of hydrogen-bond acceptors (Lipinski definition) is 24. The van der Waals surface area contributed by atoms with Crippen LogP contribution in [-0.4, -0.2) is 334 Å². The lowest BCUT2D eigenvalue weighted by Gasteiger charge is -2.36. The number of imidazole rings is 1. The molecule has 21 N–H and O–H groups in total. The number of carbonyl (C=O) groups excluding carboxylic acids is 16.